The van der Waals surface area contributed by atoms with E-state index in [9.17, 15) is 9.90 Å². The number of aromatic nitrogens is 2. The molecule has 0 spiro atoms. The number of hydrogen-bond acceptors (Lipinski definition) is 3. The highest BCUT2D eigenvalue weighted by atomic mass is 35.5. The summed E-state index contributed by atoms with van der Waals surface area (Å²) in [7, 11) is 1.73. The van der Waals surface area contributed by atoms with Crippen molar-refractivity contribution < 1.29 is 9.90 Å². The van der Waals surface area contributed by atoms with Crippen molar-refractivity contribution in [1.29, 1.82) is 0 Å². The van der Waals surface area contributed by atoms with Gasteiger partial charge in [-0.15, -0.1) is 0 Å². The number of hydrogen-bond donors (Lipinski definition) is 2. The van der Waals surface area contributed by atoms with Crippen molar-refractivity contribution in [2.24, 2.45) is 13.0 Å². The molecule has 5 nitrogen and oxygen atoms in total. The molecule has 2 N–H and O–H groups in total. The predicted molar refractivity (Wildman–Crippen MR) is 78.0 cm³/mol. The molecule has 1 aromatic heterocycles. The van der Waals surface area contributed by atoms with Crippen LogP contribution in [0, 0.1) is 5.92 Å². The molecule has 0 bridgehead atoms. The van der Waals surface area contributed by atoms with Gasteiger partial charge in [0.05, 0.1) is 17.4 Å². The van der Waals surface area contributed by atoms with Gasteiger partial charge >= 0.3 is 0 Å². The summed E-state index contributed by atoms with van der Waals surface area (Å²) in [6.45, 7) is 4.45. The normalized spacial score (nSPS) is 22.5. The standard InChI is InChI=1S/C14H22ClN3O2/c1-8(2)12-11(13(15)18(3)17-12)14(20)16-7-9-5-4-6-10(9)19/h8-10,19H,4-7H2,1-3H3,(H,16,20)/t9-,10+/m1/s1. The lowest BCUT2D eigenvalue weighted by Gasteiger charge is -2.15. The summed E-state index contributed by atoms with van der Waals surface area (Å²) in [5.41, 5.74) is 1.17. The second-order valence-corrected chi connectivity index (χ2v) is 6.16. The first-order chi connectivity index (χ1) is 9.41. The SMILES string of the molecule is CC(C)c1nn(C)c(Cl)c1C(=O)NC[C@H]1CCC[C@@H]1O. The van der Waals surface area contributed by atoms with Crippen LogP contribution in [0.5, 0.6) is 0 Å². The van der Waals surface area contributed by atoms with E-state index in [4.69, 9.17) is 11.6 Å². The van der Waals surface area contributed by atoms with E-state index in [0.717, 1.165) is 19.3 Å². The number of aryl methyl sites for hydroxylation is 1. The Morgan fingerprint density at radius 3 is 2.80 bits per heavy atom. The maximum Gasteiger partial charge on any atom is 0.256 e. The van der Waals surface area contributed by atoms with E-state index in [1.807, 2.05) is 13.8 Å². The van der Waals surface area contributed by atoms with Crippen LogP contribution in [0.4, 0.5) is 0 Å². The van der Waals surface area contributed by atoms with E-state index < -0.39 is 0 Å². The number of aliphatic hydroxyl groups is 1. The monoisotopic (exact) mass is 299 g/mol. The van der Waals surface area contributed by atoms with Crippen molar-refractivity contribution in [2.75, 3.05) is 6.54 Å². The maximum atomic E-state index is 12.3. The van der Waals surface area contributed by atoms with Crippen LogP contribution in [0.1, 0.15) is 55.1 Å². The van der Waals surface area contributed by atoms with Crippen molar-refractivity contribution in [3.05, 3.63) is 16.4 Å². The van der Waals surface area contributed by atoms with Crippen LogP contribution in [-0.4, -0.2) is 33.4 Å². The maximum absolute atomic E-state index is 12.3. The Morgan fingerprint density at radius 1 is 1.55 bits per heavy atom. The molecule has 1 aromatic rings. The summed E-state index contributed by atoms with van der Waals surface area (Å²) in [6.07, 6.45) is 2.50. The van der Waals surface area contributed by atoms with E-state index in [-0.39, 0.29) is 23.8 Å². The first-order valence-corrected chi connectivity index (χ1v) is 7.48. The number of carbonyl (C=O) groups is 1. The van der Waals surface area contributed by atoms with Gasteiger partial charge in [0.2, 0.25) is 0 Å². The summed E-state index contributed by atoms with van der Waals surface area (Å²) < 4.78 is 1.52. The zero-order valence-corrected chi connectivity index (χ0v) is 12.9. The third-order valence-corrected chi connectivity index (χ3v) is 4.36. The number of nitrogens with one attached hydrogen (secondary N) is 1. The number of aliphatic hydroxyl groups excluding tert-OH is 1. The fourth-order valence-corrected chi connectivity index (χ4v) is 2.93. The van der Waals surface area contributed by atoms with Gasteiger partial charge in [-0.1, -0.05) is 31.9 Å². The van der Waals surface area contributed by atoms with Crippen LogP contribution in [-0.2, 0) is 7.05 Å². The molecule has 0 aromatic carbocycles. The average Bonchev–Trinajstić information content (AvgIpc) is 2.92. The van der Waals surface area contributed by atoms with E-state index in [1.54, 1.807) is 7.05 Å². The van der Waals surface area contributed by atoms with Gasteiger partial charge in [-0.2, -0.15) is 5.10 Å². The molecule has 0 aliphatic heterocycles. The molecule has 1 heterocycles. The number of halogens is 1. The Hall–Kier alpha value is -1.07. The largest absolute Gasteiger partial charge is 0.393 e. The quantitative estimate of drug-likeness (QED) is 0.894. The molecule has 0 saturated heterocycles. The summed E-state index contributed by atoms with van der Waals surface area (Å²) in [5.74, 6) is 0.0781. The minimum absolute atomic E-state index is 0.131. The zero-order valence-electron chi connectivity index (χ0n) is 12.2. The van der Waals surface area contributed by atoms with E-state index in [0.29, 0.717) is 23.0 Å². The van der Waals surface area contributed by atoms with Crippen LogP contribution in [0.15, 0.2) is 0 Å². The Bertz CT molecular complexity index is 499. The summed E-state index contributed by atoms with van der Waals surface area (Å²) in [5, 5.41) is 17.3. The fourth-order valence-electron chi connectivity index (χ4n) is 2.70. The zero-order chi connectivity index (χ0) is 14.9. The molecule has 1 amide bonds. The Kier molecular flexibility index (Phi) is 4.70. The highest BCUT2D eigenvalue weighted by molar-refractivity contribution is 6.33. The van der Waals surface area contributed by atoms with Crippen molar-refractivity contribution in [3.8, 4) is 0 Å². The lowest BCUT2D eigenvalue weighted by atomic mass is 10.0. The Morgan fingerprint density at radius 2 is 2.25 bits per heavy atom. The van der Waals surface area contributed by atoms with Gasteiger partial charge in [-0.25, -0.2) is 0 Å². The minimum Gasteiger partial charge on any atom is -0.393 e. The molecule has 0 unspecified atom stereocenters. The van der Waals surface area contributed by atoms with Crippen LogP contribution in [0.3, 0.4) is 0 Å². The van der Waals surface area contributed by atoms with Crippen LogP contribution < -0.4 is 5.32 Å². The number of carbonyl (C=O) groups excluding carboxylic acids is 1. The average molecular weight is 300 g/mol. The van der Waals surface area contributed by atoms with Crippen LogP contribution in [0.2, 0.25) is 5.15 Å². The third kappa shape index (κ3) is 2.99. The van der Waals surface area contributed by atoms with Gasteiger partial charge in [0.15, 0.2) is 0 Å². The summed E-state index contributed by atoms with van der Waals surface area (Å²) in [6, 6.07) is 0. The smallest absolute Gasteiger partial charge is 0.256 e. The predicted octanol–water partition coefficient (Wildman–Crippen LogP) is 2.09. The van der Waals surface area contributed by atoms with E-state index in [2.05, 4.69) is 10.4 Å². The van der Waals surface area contributed by atoms with Gasteiger partial charge in [0, 0.05) is 19.5 Å². The molecule has 1 aliphatic carbocycles. The molecule has 6 heteroatoms. The van der Waals surface area contributed by atoms with Gasteiger partial charge in [0.25, 0.3) is 5.91 Å². The highest BCUT2D eigenvalue weighted by Crippen LogP contribution is 2.27. The highest BCUT2D eigenvalue weighted by Gasteiger charge is 2.27. The Labute approximate surface area is 124 Å². The van der Waals surface area contributed by atoms with Gasteiger partial charge in [-0.3, -0.25) is 9.48 Å². The molecular formula is C14H22ClN3O2. The third-order valence-electron chi connectivity index (χ3n) is 3.92. The van der Waals surface area contributed by atoms with Gasteiger partial charge in [-0.05, 0) is 18.8 Å². The molecule has 1 fully saturated rings. The topological polar surface area (TPSA) is 67.2 Å². The number of nitrogens with zero attached hydrogens (tertiary/aromatic N) is 2. The van der Waals surface area contributed by atoms with E-state index in [1.165, 1.54) is 4.68 Å². The summed E-state index contributed by atoms with van der Waals surface area (Å²) in [4.78, 5) is 12.3. The van der Waals surface area contributed by atoms with Crippen LogP contribution in [0.25, 0.3) is 0 Å². The molecular weight excluding hydrogens is 278 g/mol. The van der Waals surface area contributed by atoms with Crippen LogP contribution >= 0.6 is 11.6 Å². The molecule has 112 valence electrons. The number of rotatable bonds is 4. The molecule has 2 rings (SSSR count). The van der Waals surface area contributed by atoms with Gasteiger partial charge < -0.3 is 10.4 Å². The lowest BCUT2D eigenvalue weighted by molar-refractivity contribution is 0.0915. The molecule has 1 saturated carbocycles. The van der Waals surface area contributed by atoms with Crippen molar-refractivity contribution in [1.82, 2.24) is 15.1 Å². The van der Waals surface area contributed by atoms with Crippen molar-refractivity contribution in [2.45, 2.75) is 45.1 Å². The number of amides is 1. The van der Waals surface area contributed by atoms with E-state index >= 15 is 0 Å². The molecule has 2 atom stereocenters. The second kappa shape index (κ2) is 6.14. The Balaban J connectivity index is 2.09. The van der Waals surface area contributed by atoms with Crippen molar-refractivity contribution >= 4 is 17.5 Å². The first-order valence-electron chi connectivity index (χ1n) is 7.10. The molecule has 1 aliphatic rings. The summed E-state index contributed by atoms with van der Waals surface area (Å²) >= 11 is 6.17. The lowest BCUT2D eigenvalue weighted by Crippen LogP contribution is -2.33. The molecule has 0 radical (unpaired) electrons. The molecule has 20 heavy (non-hydrogen) atoms. The van der Waals surface area contributed by atoms with Gasteiger partial charge in [0.1, 0.15) is 5.15 Å². The second-order valence-electron chi connectivity index (χ2n) is 5.80. The fraction of sp³-hybridized carbons (Fsp3) is 0.714. The minimum atomic E-state index is -0.302. The first kappa shape index (κ1) is 15.3. The van der Waals surface area contributed by atoms with Crippen molar-refractivity contribution in [3.63, 3.8) is 0 Å².